The van der Waals surface area contributed by atoms with Gasteiger partial charge in [0.15, 0.2) is 0 Å². The van der Waals surface area contributed by atoms with Gasteiger partial charge >= 0.3 is 0 Å². The molecule has 0 spiro atoms. The van der Waals surface area contributed by atoms with E-state index in [1.807, 2.05) is 43.4 Å². The normalized spacial score (nSPS) is 10.7. The van der Waals surface area contributed by atoms with Gasteiger partial charge in [-0.2, -0.15) is 0 Å². The maximum Gasteiger partial charge on any atom is 0.236 e. The van der Waals surface area contributed by atoms with Crippen LogP contribution in [0.3, 0.4) is 0 Å². The van der Waals surface area contributed by atoms with Crippen LogP contribution in [0.15, 0.2) is 40.9 Å². The van der Waals surface area contributed by atoms with Crippen molar-refractivity contribution in [2.75, 3.05) is 27.2 Å². The zero-order chi connectivity index (χ0) is 16.5. The first-order chi connectivity index (χ1) is 11.2. The summed E-state index contributed by atoms with van der Waals surface area (Å²) in [6, 6.07) is 12.0. The number of aryl methyl sites for hydroxylation is 1. The van der Waals surface area contributed by atoms with Gasteiger partial charge in [-0.1, -0.05) is 41.9 Å². The Kier molecular flexibility index (Phi) is 6.81. The molecule has 0 unspecified atom stereocenters. The lowest BCUT2D eigenvalue weighted by molar-refractivity contribution is -0.128. The predicted molar refractivity (Wildman–Crippen MR) is 91.1 cm³/mol. The quantitative estimate of drug-likeness (QED) is 0.723. The van der Waals surface area contributed by atoms with Gasteiger partial charge in [0.1, 0.15) is 11.5 Å². The van der Waals surface area contributed by atoms with Crippen LogP contribution in [0.1, 0.15) is 25.0 Å². The summed E-state index contributed by atoms with van der Waals surface area (Å²) in [5, 5.41) is 7.00. The zero-order valence-electron chi connectivity index (χ0n) is 13.9. The average Bonchev–Trinajstić information content (AvgIpc) is 3.04. The first kappa shape index (κ1) is 17.2. The Morgan fingerprint density at radius 1 is 1.22 bits per heavy atom. The van der Waals surface area contributed by atoms with Crippen molar-refractivity contribution in [3.05, 3.63) is 42.2 Å². The lowest BCUT2D eigenvalue weighted by Gasteiger charge is -2.16. The molecule has 0 aliphatic heterocycles. The van der Waals surface area contributed by atoms with Crippen molar-refractivity contribution < 1.29 is 9.32 Å². The van der Waals surface area contributed by atoms with Crippen LogP contribution in [0.2, 0.25) is 0 Å². The second-order valence-corrected chi connectivity index (χ2v) is 5.70. The van der Waals surface area contributed by atoms with Crippen molar-refractivity contribution in [2.24, 2.45) is 0 Å². The van der Waals surface area contributed by atoms with E-state index in [0.29, 0.717) is 6.54 Å². The third-order valence-electron chi connectivity index (χ3n) is 3.80. The van der Waals surface area contributed by atoms with Crippen LogP contribution in [-0.4, -0.2) is 43.1 Å². The van der Waals surface area contributed by atoms with Crippen molar-refractivity contribution >= 4 is 5.91 Å². The fourth-order valence-corrected chi connectivity index (χ4v) is 2.41. The summed E-state index contributed by atoms with van der Waals surface area (Å²) in [5.41, 5.74) is 1.96. The molecular weight excluding hydrogens is 290 g/mol. The molecular formula is C18H25N3O2. The van der Waals surface area contributed by atoms with E-state index in [-0.39, 0.29) is 5.91 Å². The maximum atomic E-state index is 11.6. The van der Waals surface area contributed by atoms with Crippen LogP contribution in [0, 0.1) is 0 Å². The minimum Gasteiger partial charge on any atom is -0.361 e. The highest BCUT2D eigenvalue weighted by Crippen LogP contribution is 2.19. The number of nitrogens with zero attached hydrogens (tertiary/aromatic N) is 2. The summed E-state index contributed by atoms with van der Waals surface area (Å²) < 4.78 is 5.39. The number of nitrogens with one attached hydrogen (secondary N) is 1. The number of carbonyl (C=O) groups is 1. The van der Waals surface area contributed by atoms with E-state index in [9.17, 15) is 4.79 Å². The van der Waals surface area contributed by atoms with Crippen molar-refractivity contribution in [1.29, 1.82) is 0 Å². The molecule has 5 heteroatoms. The van der Waals surface area contributed by atoms with Gasteiger partial charge in [-0.05, 0) is 19.9 Å². The van der Waals surface area contributed by atoms with Gasteiger partial charge in [-0.15, -0.1) is 0 Å². The van der Waals surface area contributed by atoms with E-state index < -0.39 is 0 Å². The smallest absolute Gasteiger partial charge is 0.236 e. The second kappa shape index (κ2) is 9.10. The van der Waals surface area contributed by atoms with Crippen molar-refractivity contribution in [2.45, 2.75) is 25.7 Å². The fraction of sp³-hybridized carbons (Fsp3) is 0.444. The molecule has 2 aromatic rings. The summed E-state index contributed by atoms with van der Waals surface area (Å²) in [6.07, 6.45) is 4.00. The monoisotopic (exact) mass is 315 g/mol. The molecule has 1 heterocycles. The van der Waals surface area contributed by atoms with Crippen LogP contribution in [0.25, 0.3) is 11.3 Å². The summed E-state index contributed by atoms with van der Waals surface area (Å²) >= 11 is 0. The lowest BCUT2D eigenvalue weighted by Crippen LogP contribution is -2.34. The third-order valence-corrected chi connectivity index (χ3v) is 3.80. The topological polar surface area (TPSA) is 58.4 Å². The van der Waals surface area contributed by atoms with Crippen LogP contribution in [-0.2, 0) is 11.2 Å². The Morgan fingerprint density at radius 3 is 2.74 bits per heavy atom. The third kappa shape index (κ3) is 5.53. The van der Waals surface area contributed by atoms with Gasteiger partial charge in [0.2, 0.25) is 5.91 Å². The van der Waals surface area contributed by atoms with Gasteiger partial charge in [0.05, 0.1) is 6.54 Å². The molecule has 0 saturated heterocycles. The summed E-state index contributed by atoms with van der Waals surface area (Å²) in [6.45, 7) is 1.20. The molecule has 5 nitrogen and oxygen atoms in total. The number of aromatic nitrogens is 1. The van der Waals surface area contributed by atoms with Crippen LogP contribution in [0.4, 0.5) is 0 Å². The molecule has 1 amide bonds. The predicted octanol–water partition coefficient (Wildman–Crippen LogP) is 2.73. The summed E-state index contributed by atoms with van der Waals surface area (Å²) in [5.74, 6) is 1.05. The Hall–Kier alpha value is -2.14. The van der Waals surface area contributed by atoms with Gasteiger partial charge in [0, 0.05) is 31.6 Å². The van der Waals surface area contributed by atoms with Crippen molar-refractivity contribution in [3.63, 3.8) is 0 Å². The molecule has 124 valence electrons. The maximum absolute atomic E-state index is 11.6. The highest BCUT2D eigenvalue weighted by Gasteiger charge is 2.08. The van der Waals surface area contributed by atoms with Gasteiger partial charge in [-0.3, -0.25) is 4.79 Å². The van der Waals surface area contributed by atoms with E-state index >= 15 is 0 Å². The van der Waals surface area contributed by atoms with E-state index in [0.717, 1.165) is 49.2 Å². The first-order valence-electron chi connectivity index (χ1n) is 8.10. The number of benzene rings is 1. The number of carbonyl (C=O) groups excluding carboxylic acids is 1. The molecule has 0 bridgehead atoms. The molecule has 1 aromatic carbocycles. The largest absolute Gasteiger partial charge is 0.361 e. The molecule has 1 N–H and O–H groups in total. The zero-order valence-corrected chi connectivity index (χ0v) is 13.9. The van der Waals surface area contributed by atoms with Crippen molar-refractivity contribution in [3.8, 4) is 11.3 Å². The second-order valence-electron chi connectivity index (χ2n) is 5.70. The number of hydrogen-bond acceptors (Lipinski definition) is 4. The summed E-state index contributed by atoms with van der Waals surface area (Å²) in [4.78, 5) is 13.4. The molecule has 0 atom stereocenters. The fourth-order valence-electron chi connectivity index (χ4n) is 2.41. The SMILES string of the molecule is CNCC(=O)N(C)CCCCCc1cc(-c2ccccc2)no1. The standard InChI is InChI=1S/C18H25N3O2/c1-19-14-18(22)21(2)12-8-4-7-11-16-13-17(20-23-16)15-9-5-3-6-10-15/h3,5-6,9-10,13,19H,4,7-8,11-12,14H2,1-2H3. The number of rotatable bonds is 9. The average molecular weight is 315 g/mol. The first-order valence-corrected chi connectivity index (χ1v) is 8.10. The Balaban J connectivity index is 1.67. The van der Waals surface area contributed by atoms with E-state index in [2.05, 4.69) is 10.5 Å². The molecule has 0 saturated carbocycles. The molecule has 2 rings (SSSR count). The Labute approximate surface area is 137 Å². The van der Waals surface area contributed by atoms with Gasteiger partial charge in [-0.25, -0.2) is 0 Å². The molecule has 0 fully saturated rings. The number of likely N-dealkylation sites (N-methyl/N-ethyl adjacent to an activating group) is 2. The van der Waals surface area contributed by atoms with Crippen LogP contribution in [0.5, 0.6) is 0 Å². The van der Waals surface area contributed by atoms with Crippen LogP contribution < -0.4 is 5.32 Å². The molecule has 0 aliphatic carbocycles. The van der Waals surface area contributed by atoms with Gasteiger partial charge in [0.25, 0.3) is 0 Å². The van der Waals surface area contributed by atoms with Crippen molar-refractivity contribution in [1.82, 2.24) is 15.4 Å². The molecule has 0 aliphatic rings. The van der Waals surface area contributed by atoms with Gasteiger partial charge < -0.3 is 14.7 Å². The van der Waals surface area contributed by atoms with E-state index in [4.69, 9.17) is 4.52 Å². The Morgan fingerprint density at radius 2 is 2.00 bits per heavy atom. The Bertz CT molecular complexity index is 595. The molecule has 23 heavy (non-hydrogen) atoms. The molecule has 1 aromatic heterocycles. The number of unbranched alkanes of at least 4 members (excludes halogenated alkanes) is 2. The lowest BCUT2D eigenvalue weighted by atomic mass is 10.1. The minimum absolute atomic E-state index is 0.134. The highest BCUT2D eigenvalue weighted by molar-refractivity contribution is 5.77. The number of hydrogen-bond donors (Lipinski definition) is 1. The number of amides is 1. The van der Waals surface area contributed by atoms with Crippen LogP contribution >= 0.6 is 0 Å². The van der Waals surface area contributed by atoms with E-state index in [1.54, 1.807) is 11.9 Å². The minimum atomic E-state index is 0.134. The summed E-state index contributed by atoms with van der Waals surface area (Å²) in [7, 11) is 3.63. The highest BCUT2D eigenvalue weighted by atomic mass is 16.5. The molecule has 0 radical (unpaired) electrons. The van der Waals surface area contributed by atoms with E-state index in [1.165, 1.54) is 0 Å².